The second-order valence-corrected chi connectivity index (χ2v) is 4.08. The summed E-state index contributed by atoms with van der Waals surface area (Å²) >= 11 is 0. The Morgan fingerprint density at radius 1 is 0.944 bits per heavy atom. The highest BCUT2D eigenvalue weighted by molar-refractivity contribution is 5.47. The van der Waals surface area contributed by atoms with E-state index in [1.165, 1.54) is 6.07 Å². The molecule has 0 unspecified atom stereocenters. The Morgan fingerprint density at radius 2 is 1.50 bits per heavy atom. The third-order valence-electron chi connectivity index (χ3n) is 2.91. The van der Waals surface area contributed by atoms with Gasteiger partial charge >= 0.3 is 0 Å². The number of benzene rings is 2. The molecule has 4 nitrogen and oxygen atoms in total. The molecule has 2 N–H and O–H groups in total. The van der Waals surface area contributed by atoms with E-state index in [9.17, 15) is 10.1 Å². The standard InChI is InChI=1S/C14H14N2O2/c15-13-7-3-1-5-11(13)9-10-12-6-2-4-8-14(12)16(17)18/h1-8H,9-10,15H2. The van der Waals surface area contributed by atoms with Gasteiger partial charge in [-0.15, -0.1) is 0 Å². The van der Waals surface area contributed by atoms with Gasteiger partial charge in [-0.3, -0.25) is 10.1 Å². The van der Waals surface area contributed by atoms with Crippen LogP contribution in [0.25, 0.3) is 0 Å². The third-order valence-corrected chi connectivity index (χ3v) is 2.91. The fraction of sp³-hybridized carbons (Fsp3) is 0.143. The summed E-state index contributed by atoms with van der Waals surface area (Å²) in [7, 11) is 0. The predicted octanol–water partition coefficient (Wildman–Crippen LogP) is 2.96. The number of nitro benzene ring substituents is 1. The smallest absolute Gasteiger partial charge is 0.272 e. The molecule has 0 bridgehead atoms. The summed E-state index contributed by atoms with van der Waals surface area (Å²) in [5, 5.41) is 10.9. The molecule has 4 heteroatoms. The molecule has 0 aliphatic rings. The first-order valence-electron chi connectivity index (χ1n) is 5.74. The number of nitro groups is 1. The molecule has 2 aromatic carbocycles. The van der Waals surface area contributed by atoms with Gasteiger partial charge in [0.05, 0.1) is 4.92 Å². The van der Waals surface area contributed by atoms with Gasteiger partial charge in [-0.2, -0.15) is 0 Å². The van der Waals surface area contributed by atoms with Gasteiger partial charge in [-0.05, 0) is 24.5 Å². The van der Waals surface area contributed by atoms with Gasteiger partial charge in [-0.25, -0.2) is 0 Å². The number of hydrogen-bond donors (Lipinski definition) is 1. The number of nitrogens with zero attached hydrogens (tertiary/aromatic N) is 1. The third kappa shape index (κ3) is 2.66. The molecular formula is C14H14N2O2. The Labute approximate surface area is 105 Å². The van der Waals surface area contributed by atoms with Crippen LogP contribution >= 0.6 is 0 Å². The minimum atomic E-state index is -0.344. The highest BCUT2D eigenvalue weighted by Crippen LogP contribution is 2.21. The van der Waals surface area contributed by atoms with E-state index < -0.39 is 0 Å². The van der Waals surface area contributed by atoms with Crippen LogP contribution in [0, 0.1) is 10.1 Å². The van der Waals surface area contributed by atoms with Crippen LogP contribution in [-0.4, -0.2) is 4.92 Å². The minimum absolute atomic E-state index is 0.173. The van der Waals surface area contributed by atoms with Gasteiger partial charge in [0.15, 0.2) is 0 Å². The average molecular weight is 242 g/mol. The highest BCUT2D eigenvalue weighted by atomic mass is 16.6. The van der Waals surface area contributed by atoms with Crippen molar-refractivity contribution < 1.29 is 4.92 Å². The van der Waals surface area contributed by atoms with Gasteiger partial charge in [-0.1, -0.05) is 36.4 Å². The molecule has 0 saturated carbocycles. The molecule has 0 aliphatic carbocycles. The molecule has 0 heterocycles. The molecule has 0 fully saturated rings. The first-order valence-corrected chi connectivity index (χ1v) is 5.74. The molecule has 0 radical (unpaired) electrons. The van der Waals surface area contributed by atoms with E-state index in [1.807, 2.05) is 30.3 Å². The fourth-order valence-corrected chi connectivity index (χ4v) is 1.93. The van der Waals surface area contributed by atoms with E-state index >= 15 is 0 Å². The summed E-state index contributed by atoms with van der Waals surface area (Å²) in [5.41, 5.74) is 8.52. The zero-order valence-corrected chi connectivity index (χ0v) is 9.87. The molecule has 2 rings (SSSR count). The van der Waals surface area contributed by atoms with Crippen LogP contribution < -0.4 is 5.73 Å². The van der Waals surface area contributed by atoms with Crippen LogP contribution in [0.4, 0.5) is 11.4 Å². The topological polar surface area (TPSA) is 69.2 Å². The summed E-state index contributed by atoms with van der Waals surface area (Å²) in [4.78, 5) is 10.5. The number of nitrogens with two attached hydrogens (primary N) is 1. The lowest BCUT2D eigenvalue weighted by molar-refractivity contribution is -0.385. The average Bonchev–Trinajstić information content (AvgIpc) is 2.38. The SMILES string of the molecule is Nc1ccccc1CCc1ccccc1[N+](=O)[O-]. The summed E-state index contributed by atoms with van der Waals surface area (Å²) in [6, 6.07) is 14.4. The van der Waals surface area contributed by atoms with Gasteiger partial charge < -0.3 is 5.73 Å². The van der Waals surface area contributed by atoms with E-state index in [0.717, 1.165) is 16.8 Å². The maximum Gasteiger partial charge on any atom is 0.272 e. The van der Waals surface area contributed by atoms with E-state index in [-0.39, 0.29) is 10.6 Å². The lowest BCUT2D eigenvalue weighted by Crippen LogP contribution is -1.99. The Bertz CT molecular complexity index is 567. The van der Waals surface area contributed by atoms with Crippen molar-refractivity contribution in [2.75, 3.05) is 5.73 Å². The molecule has 18 heavy (non-hydrogen) atoms. The van der Waals surface area contributed by atoms with Crippen molar-refractivity contribution in [3.8, 4) is 0 Å². The van der Waals surface area contributed by atoms with Crippen molar-refractivity contribution in [1.29, 1.82) is 0 Å². The second-order valence-electron chi connectivity index (χ2n) is 4.08. The Hall–Kier alpha value is -2.36. The minimum Gasteiger partial charge on any atom is -0.399 e. The zero-order chi connectivity index (χ0) is 13.0. The molecule has 0 aliphatic heterocycles. The quantitative estimate of drug-likeness (QED) is 0.509. The molecule has 0 amide bonds. The molecule has 2 aromatic rings. The Morgan fingerprint density at radius 3 is 2.17 bits per heavy atom. The van der Waals surface area contributed by atoms with Crippen LogP contribution in [0.5, 0.6) is 0 Å². The van der Waals surface area contributed by atoms with E-state index in [4.69, 9.17) is 5.73 Å². The number of para-hydroxylation sites is 2. The maximum atomic E-state index is 10.9. The number of anilines is 1. The molecule has 92 valence electrons. The number of rotatable bonds is 4. The second kappa shape index (κ2) is 5.31. The van der Waals surface area contributed by atoms with Crippen LogP contribution in [0.1, 0.15) is 11.1 Å². The maximum absolute atomic E-state index is 10.9. The highest BCUT2D eigenvalue weighted by Gasteiger charge is 2.12. The Kier molecular flexibility index (Phi) is 3.57. The summed E-state index contributed by atoms with van der Waals surface area (Å²) in [6.07, 6.45) is 1.32. The van der Waals surface area contributed by atoms with Crippen molar-refractivity contribution in [2.24, 2.45) is 0 Å². The first kappa shape index (κ1) is 12.1. The van der Waals surface area contributed by atoms with Gasteiger partial charge in [0.1, 0.15) is 0 Å². The summed E-state index contributed by atoms with van der Waals surface area (Å²) < 4.78 is 0. The first-order chi connectivity index (χ1) is 8.68. The van der Waals surface area contributed by atoms with Crippen molar-refractivity contribution in [3.05, 3.63) is 69.8 Å². The van der Waals surface area contributed by atoms with Crippen molar-refractivity contribution in [3.63, 3.8) is 0 Å². The van der Waals surface area contributed by atoms with Crippen LogP contribution in [0.3, 0.4) is 0 Å². The van der Waals surface area contributed by atoms with Crippen molar-refractivity contribution in [1.82, 2.24) is 0 Å². The summed E-state index contributed by atoms with van der Waals surface area (Å²) in [5.74, 6) is 0. The zero-order valence-electron chi connectivity index (χ0n) is 9.87. The molecule has 0 atom stereocenters. The molecule has 0 saturated heterocycles. The van der Waals surface area contributed by atoms with Crippen LogP contribution in [-0.2, 0) is 12.8 Å². The lowest BCUT2D eigenvalue weighted by Gasteiger charge is -2.05. The lowest BCUT2D eigenvalue weighted by atomic mass is 10.0. The molecule has 0 aromatic heterocycles. The summed E-state index contributed by atoms with van der Waals surface area (Å²) in [6.45, 7) is 0. The van der Waals surface area contributed by atoms with Crippen LogP contribution in [0.15, 0.2) is 48.5 Å². The van der Waals surface area contributed by atoms with Crippen molar-refractivity contribution >= 4 is 11.4 Å². The number of nitrogen functional groups attached to an aromatic ring is 1. The van der Waals surface area contributed by atoms with Gasteiger partial charge in [0, 0.05) is 17.3 Å². The van der Waals surface area contributed by atoms with E-state index in [1.54, 1.807) is 12.1 Å². The fourth-order valence-electron chi connectivity index (χ4n) is 1.93. The largest absolute Gasteiger partial charge is 0.399 e. The van der Waals surface area contributed by atoms with Crippen LogP contribution in [0.2, 0.25) is 0 Å². The molecule has 0 spiro atoms. The Balaban J connectivity index is 2.16. The van der Waals surface area contributed by atoms with E-state index in [0.29, 0.717) is 12.8 Å². The van der Waals surface area contributed by atoms with Gasteiger partial charge in [0.25, 0.3) is 5.69 Å². The normalized spacial score (nSPS) is 10.2. The van der Waals surface area contributed by atoms with Gasteiger partial charge in [0.2, 0.25) is 0 Å². The molecular weight excluding hydrogens is 228 g/mol. The predicted molar refractivity (Wildman–Crippen MR) is 71.4 cm³/mol. The van der Waals surface area contributed by atoms with Crippen molar-refractivity contribution in [2.45, 2.75) is 12.8 Å². The van der Waals surface area contributed by atoms with E-state index in [2.05, 4.69) is 0 Å². The monoisotopic (exact) mass is 242 g/mol. The number of hydrogen-bond acceptors (Lipinski definition) is 3. The number of aryl methyl sites for hydroxylation is 2.